The number of benzene rings is 2. The second-order valence-corrected chi connectivity index (χ2v) is 8.08. The van der Waals surface area contributed by atoms with Crippen molar-refractivity contribution in [1.29, 1.82) is 0 Å². The number of aryl methyl sites for hydroxylation is 1. The van der Waals surface area contributed by atoms with Crippen LogP contribution < -0.4 is 4.74 Å². The average molecular weight is 460 g/mol. The van der Waals surface area contributed by atoms with E-state index in [-0.39, 0.29) is 11.9 Å². The fraction of sp³-hybridized carbons (Fsp3) is 0.292. The molecular formula is C24H25N7O3. The standard InChI is InChI=1S/C24H25N7O3/c1-17-12-22(31-27-8-9-28-31)21(15-23(17)33-2)24(32)29-10-11-34-16-20(29)14-18-4-3-5-19(13-18)30-25-6-7-26-30/h3-9,12-13,15,20H,10-11,14,16H2,1-2H3. The van der Waals surface area contributed by atoms with Crippen LogP contribution in [0.1, 0.15) is 21.5 Å². The van der Waals surface area contributed by atoms with Crippen LogP contribution in [0.2, 0.25) is 0 Å². The summed E-state index contributed by atoms with van der Waals surface area (Å²) in [6.07, 6.45) is 7.10. The Morgan fingerprint density at radius 1 is 1.06 bits per heavy atom. The van der Waals surface area contributed by atoms with Gasteiger partial charge in [-0.2, -0.15) is 30.0 Å². The molecule has 1 fully saturated rings. The lowest BCUT2D eigenvalue weighted by atomic mass is 10.0. The SMILES string of the molecule is COc1cc(C(=O)N2CCOCC2Cc2cccc(-n3nccn3)c2)c(-n2nccn2)cc1C. The van der Waals surface area contributed by atoms with Gasteiger partial charge in [-0.1, -0.05) is 12.1 Å². The summed E-state index contributed by atoms with van der Waals surface area (Å²) in [4.78, 5) is 18.8. The monoisotopic (exact) mass is 459 g/mol. The molecule has 0 bridgehead atoms. The maximum Gasteiger partial charge on any atom is 0.256 e. The van der Waals surface area contributed by atoms with Gasteiger partial charge in [-0.15, -0.1) is 0 Å². The van der Waals surface area contributed by atoms with Gasteiger partial charge in [0.1, 0.15) is 5.75 Å². The van der Waals surface area contributed by atoms with E-state index >= 15 is 0 Å². The summed E-state index contributed by atoms with van der Waals surface area (Å²) < 4.78 is 11.3. The minimum atomic E-state index is -0.132. The topological polar surface area (TPSA) is 100 Å². The minimum Gasteiger partial charge on any atom is -0.496 e. The highest BCUT2D eigenvalue weighted by atomic mass is 16.5. The highest BCUT2D eigenvalue weighted by Crippen LogP contribution is 2.28. The number of amides is 1. The third kappa shape index (κ3) is 4.27. The molecule has 1 aliphatic rings. The molecule has 5 rings (SSSR count). The number of carbonyl (C=O) groups is 1. The van der Waals surface area contributed by atoms with Crippen LogP contribution in [0.4, 0.5) is 0 Å². The fourth-order valence-electron chi connectivity index (χ4n) is 4.24. The van der Waals surface area contributed by atoms with Gasteiger partial charge in [0.2, 0.25) is 0 Å². The van der Waals surface area contributed by atoms with Crippen LogP contribution in [0.3, 0.4) is 0 Å². The summed E-state index contributed by atoms with van der Waals surface area (Å²) >= 11 is 0. The van der Waals surface area contributed by atoms with Crippen LogP contribution in [0, 0.1) is 6.92 Å². The maximum atomic E-state index is 13.9. The molecule has 1 unspecified atom stereocenters. The molecule has 1 aliphatic heterocycles. The molecule has 1 atom stereocenters. The summed E-state index contributed by atoms with van der Waals surface area (Å²) in [5.41, 5.74) is 3.94. The second-order valence-electron chi connectivity index (χ2n) is 8.08. The summed E-state index contributed by atoms with van der Waals surface area (Å²) in [6, 6.07) is 11.5. The molecule has 0 radical (unpaired) electrons. The molecule has 3 heterocycles. The summed E-state index contributed by atoms with van der Waals surface area (Å²) in [5, 5.41) is 16.9. The zero-order valence-electron chi connectivity index (χ0n) is 19.0. The Balaban J connectivity index is 1.46. The van der Waals surface area contributed by atoms with E-state index in [1.165, 1.54) is 4.80 Å². The number of hydrogen-bond donors (Lipinski definition) is 0. The number of carbonyl (C=O) groups excluding carboxylic acids is 1. The van der Waals surface area contributed by atoms with Gasteiger partial charge >= 0.3 is 0 Å². The Morgan fingerprint density at radius 3 is 2.53 bits per heavy atom. The van der Waals surface area contributed by atoms with Crippen molar-refractivity contribution in [3.63, 3.8) is 0 Å². The molecule has 10 nitrogen and oxygen atoms in total. The molecule has 0 N–H and O–H groups in total. The third-order valence-electron chi connectivity index (χ3n) is 5.90. The Hall–Kier alpha value is -4.05. The van der Waals surface area contributed by atoms with Crippen LogP contribution in [0.15, 0.2) is 61.2 Å². The number of ether oxygens (including phenoxy) is 2. The Kier molecular flexibility index (Phi) is 6.05. The number of rotatable bonds is 6. The summed E-state index contributed by atoms with van der Waals surface area (Å²) in [6.45, 7) is 3.36. The van der Waals surface area contributed by atoms with E-state index in [9.17, 15) is 4.79 Å². The number of aromatic nitrogens is 6. The first-order valence-electron chi connectivity index (χ1n) is 11.0. The van der Waals surface area contributed by atoms with Crippen LogP contribution >= 0.6 is 0 Å². The van der Waals surface area contributed by atoms with E-state index in [0.717, 1.165) is 16.8 Å². The van der Waals surface area contributed by atoms with Gasteiger partial charge in [-0.05, 0) is 48.7 Å². The average Bonchev–Trinajstić information content (AvgIpc) is 3.59. The van der Waals surface area contributed by atoms with Gasteiger partial charge in [0.25, 0.3) is 5.91 Å². The number of hydrogen-bond acceptors (Lipinski definition) is 7. The van der Waals surface area contributed by atoms with E-state index < -0.39 is 0 Å². The molecule has 174 valence electrons. The largest absolute Gasteiger partial charge is 0.496 e. The highest BCUT2D eigenvalue weighted by Gasteiger charge is 2.31. The molecule has 0 spiro atoms. The van der Waals surface area contributed by atoms with Crippen LogP contribution in [-0.2, 0) is 11.2 Å². The van der Waals surface area contributed by atoms with Crippen molar-refractivity contribution in [2.24, 2.45) is 0 Å². The first-order chi connectivity index (χ1) is 16.6. The maximum absolute atomic E-state index is 13.9. The second kappa shape index (κ2) is 9.44. The molecule has 1 saturated heterocycles. The minimum absolute atomic E-state index is 0.108. The smallest absolute Gasteiger partial charge is 0.256 e. The third-order valence-corrected chi connectivity index (χ3v) is 5.90. The molecule has 34 heavy (non-hydrogen) atoms. The Labute approximate surface area is 196 Å². The van der Waals surface area contributed by atoms with E-state index in [2.05, 4.69) is 20.4 Å². The summed E-state index contributed by atoms with van der Waals surface area (Å²) in [5.74, 6) is 0.535. The molecule has 4 aromatic rings. The predicted octanol–water partition coefficient (Wildman–Crippen LogP) is 2.25. The van der Waals surface area contributed by atoms with E-state index in [1.807, 2.05) is 42.2 Å². The number of nitrogens with zero attached hydrogens (tertiary/aromatic N) is 7. The molecule has 0 saturated carbocycles. The lowest BCUT2D eigenvalue weighted by molar-refractivity contribution is -0.00166. The van der Waals surface area contributed by atoms with Crippen molar-refractivity contribution in [2.75, 3.05) is 26.9 Å². The molecule has 2 aromatic heterocycles. The van der Waals surface area contributed by atoms with Crippen molar-refractivity contribution < 1.29 is 14.3 Å². The predicted molar refractivity (Wildman–Crippen MR) is 123 cm³/mol. The number of methoxy groups -OCH3 is 1. The lowest BCUT2D eigenvalue weighted by Crippen LogP contribution is -2.50. The molecular weight excluding hydrogens is 434 g/mol. The van der Waals surface area contributed by atoms with E-state index in [4.69, 9.17) is 9.47 Å². The van der Waals surface area contributed by atoms with Crippen LogP contribution in [0.25, 0.3) is 11.4 Å². The Morgan fingerprint density at radius 2 is 1.79 bits per heavy atom. The first-order valence-corrected chi connectivity index (χ1v) is 11.0. The lowest BCUT2D eigenvalue weighted by Gasteiger charge is -2.36. The van der Waals surface area contributed by atoms with Gasteiger partial charge < -0.3 is 14.4 Å². The normalized spacial score (nSPS) is 15.9. The van der Waals surface area contributed by atoms with Crippen molar-refractivity contribution in [3.8, 4) is 17.1 Å². The van der Waals surface area contributed by atoms with E-state index in [1.54, 1.807) is 42.8 Å². The van der Waals surface area contributed by atoms with Gasteiger partial charge in [0.15, 0.2) is 0 Å². The Bertz CT molecular complexity index is 1270. The van der Waals surface area contributed by atoms with Crippen molar-refractivity contribution in [2.45, 2.75) is 19.4 Å². The molecule has 2 aromatic carbocycles. The van der Waals surface area contributed by atoms with Crippen LogP contribution in [-0.4, -0.2) is 73.7 Å². The molecule has 0 aliphatic carbocycles. The van der Waals surface area contributed by atoms with Crippen LogP contribution in [0.5, 0.6) is 5.75 Å². The molecule has 1 amide bonds. The molecule has 10 heteroatoms. The quantitative estimate of drug-likeness (QED) is 0.436. The zero-order chi connectivity index (χ0) is 23.5. The first kappa shape index (κ1) is 21.8. The van der Waals surface area contributed by atoms with Crippen molar-refractivity contribution in [1.82, 2.24) is 34.9 Å². The highest BCUT2D eigenvalue weighted by molar-refractivity contribution is 5.98. The van der Waals surface area contributed by atoms with Gasteiger partial charge in [0, 0.05) is 6.54 Å². The van der Waals surface area contributed by atoms with Gasteiger partial charge in [0.05, 0.1) is 68.1 Å². The fourth-order valence-corrected chi connectivity index (χ4v) is 4.24. The van der Waals surface area contributed by atoms with E-state index in [0.29, 0.717) is 43.2 Å². The van der Waals surface area contributed by atoms with Gasteiger partial charge in [-0.25, -0.2) is 0 Å². The van der Waals surface area contributed by atoms with Gasteiger partial charge in [-0.3, -0.25) is 4.79 Å². The van der Waals surface area contributed by atoms with Crippen molar-refractivity contribution in [3.05, 3.63) is 77.9 Å². The van der Waals surface area contributed by atoms with Crippen molar-refractivity contribution >= 4 is 5.91 Å². The number of morpholine rings is 1. The zero-order valence-corrected chi connectivity index (χ0v) is 19.0. The summed E-state index contributed by atoms with van der Waals surface area (Å²) in [7, 11) is 1.60.